The molecule has 6 nitrogen and oxygen atoms in total. The highest BCUT2D eigenvalue weighted by Crippen LogP contribution is 2.61. The van der Waals surface area contributed by atoms with Crippen molar-refractivity contribution in [2.75, 3.05) is 19.6 Å². The molecule has 5 rings (SSSR count). The van der Waals surface area contributed by atoms with E-state index in [1.54, 1.807) is 24.3 Å². The number of aliphatic carboxylic acids is 2. The van der Waals surface area contributed by atoms with Crippen molar-refractivity contribution in [1.29, 1.82) is 0 Å². The highest BCUT2D eigenvalue weighted by Gasteiger charge is 2.46. The van der Waals surface area contributed by atoms with Gasteiger partial charge in [0.1, 0.15) is 11.6 Å². The number of benzene rings is 3. The summed E-state index contributed by atoms with van der Waals surface area (Å²) in [6.07, 6.45) is 4.55. The van der Waals surface area contributed by atoms with E-state index in [1.165, 1.54) is 23.3 Å². The number of ketones is 1. The Morgan fingerprint density at radius 3 is 2.00 bits per heavy atom. The molecule has 0 amide bonds. The van der Waals surface area contributed by atoms with Gasteiger partial charge >= 0.3 is 11.9 Å². The third-order valence-corrected chi connectivity index (χ3v) is 9.17. The lowest BCUT2D eigenvalue weighted by molar-refractivity contribution is -0.134. The van der Waals surface area contributed by atoms with Gasteiger partial charge in [0, 0.05) is 28.9 Å². The Kier molecular flexibility index (Phi) is 10.1. The van der Waals surface area contributed by atoms with E-state index >= 15 is 0 Å². The minimum atomic E-state index is -1.26. The molecular weight excluding hydrogens is 548 g/mol. The zero-order valence-corrected chi connectivity index (χ0v) is 23.2. The summed E-state index contributed by atoms with van der Waals surface area (Å²) in [6, 6.07) is 21.5. The Morgan fingerprint density at radius 2 is 1.41 bits per heavy atom. The summed E-state index contributed by atoms with van der Waals surface area (Å²) in [7, 11) is 0. The molecule has 41 heavy (non-hydrogen) atoms. The number of likely N-dealkylation sites (tertiary alicyclic amines) is 1. The molecule has 0 aliphatic carbocycles. The summed E-state index contributed by atoms with van der Waals surface area (Å²) >= 11 is 2.02. The lowest BCUT2D eigenvalue weighted by atomic mass is 9.84. The molecule has 2 heterocycles. The van der Waals surface area contributed by atoms with Gasteiger partial charge in [-0.3, -0.25) is 4.79 Å². The highest BCUT2D eigenvalue weighted by molar-refractivity contribution is 8.01. The van der Waals surface area contributed by atoms with Gasteiger partial charge < -0.3 is 15.1 Å². The van der Waals surface area contributed by atoms with Crippen LogP contribution in [-0.4, -0.2) is 52.5 Å². The molecule has 1 unspecified atom stereocenters. The van der Waals surface area contributed by atoms with E-state index in [0.29, 0.717) is 24.1 Å². The molecule has 1 fully saturated rings. The van der Waals surface area contributed by atoms with Gasteiger partial charge in [-0.15, -0.1) is 11.8 Å². The van der Waals surface area contributed by atoms with E-state index in [0.717, 1.165) is 44.5 Å². The Hall–Kier alpha value is -3.82. The Labute approximate surface area is 241 Å². The number of piperidine rings is 1. The molecule has 0 radical (unpaired) electrons. The van der Waals surface area contributed by atoms with E-state index in [2.05, 4.69) is 29.2 Å². The van der Waals surface area contributed by atoms with E-state index in [9.17, 15) is 23.2 Å². The largest absolute Gasteiger partial charge is 0.478 e. The molecule has 0 aromatic heterocycles. The molecule has 1 spiro atoms. The van der Waals surface area contributed by atoms with Crippen molar-refractivity contribution >= 4 is 29.5 Å². The summed E-state index contributed by atoms with van der Waals surface area (Å²) < 4.78 is 26.6. The minimum absolute atomic E-state index is 0.0749. The summed E-state index contributed by atoms with van der Waals surface area (Å²) in [5.74, 6) is -2.96. The molecule has 9 heteroatoms. The third-order valence-electron chi connectivity index (χ3n) is 7.33. The van der Waals surface area contributed by atoms with Gasteiger partial charge in [-0.1, -0.05) is 36.4 Å². The van der Waals surface area contributed by atoms with Gasteiger partial charge in [0.2, 0.25) is 0 Å². The molecule has 3 aromatic carbocycles. The van der Waals surface area contributed by atoms with Crippen LogP contribution in [0.5, 0.6) is 0 Å². The zero-order valence-electron chi connectivity index (χ0n) is 22.3. The second-order valence-corrected chi connectivity index (χ2v) is 11.5. The Balaban J connectivity index is 0.000000426. The van der Waals surface area contributed by atoms with Crippen molar-refractivity contribution in [2.45, 2.75) is 35.7 Å². The SMILES string of the molecule is O=C(CCCN1CCC2(CC1)SC(c1ccc(F)cc1)c1ccccc12)c1ccc(F)cc1.O=C(O)C=CC(=O)O. The van der Waals surface area contributed by atoms with Crippen LogP contribution in [0.2, 0.25) is 0 Å². The van der Waals surface area contributed by atoms with Crippen LogP contribution in [-0.2, 0) is 14.3 Å². The van der Waals surface area contributed by atoms with Crippen LogP contribution in [0.3, 0.4) is 0 Å². The molecule has 0 bridgehead atoms. The van der Waals surface area contributed by atoms with Crippen LogP contribution < -0.4 is 0 Å². The van der Waals surface area contributed by atoms with E-state index in [-0.39, 0.29) is 27.4 Å². The van der Waals surface area contributed by atoms with Crippen molar-refractivity contribution in [2.24, 2.45) is 0 Å². The topological polar surface area (TPSA) is 94.9 Å². The van der Waals surface area contributed by atoms with Crippen molar-refractivity contribution in [1.82, 2.24) is 4.90 Å². The first-order valence-corrected chi connectivity index (χ1v) is 14.2. The number of nitrogens with zero attached hydrogens (tertiary/aromatic N) is 1. The summed E-state index contributed by atoms with van der Waals surface area (Å²) in [5, 5.41) is 15.9. The molecular formula is C32H31F2NO5S. The minimum Gasteiger partial charge on any atom is -0.478 e. The number of carbonyl (C=O) groups is 3. The number of Topliss-reactive ketones (excluding diaryl/α,β-unsaturated/α-hetero) is 1. The lowest BCUT2D eigenvalue weighted by Gasteiger charge is -2.39. The van der Waals surface area contributed by atoms with Gasteiger partial charge in [-0.25, -0.2) is 18.4 Å². The first-order valence-electron chi connectivity index (χ1n) is 13.3. The zero-order chi connectivity index (χ0) is 29.4. The molecule has 1 atom stereocenters. The maximum Gasteiger partial charge on any atom is 0.328 e. The standard InChI is InChI=1S/C28H27F2NOS.C4H4O4/c29-22-11-7-20(8-12-22)26(32)6-3-17-31-18-15-28(16-19-31)25-5-2-1-4-24(25)27(33-28)21-9-13-23(30)14-10-21;5-3(6)1-2-4(7)8/h1-2,4-5,7-14,27H,3,6,15-19H2;1-2H,(H,5,6)(H,7,8). The average molecular weight is 580 g/mol. The van der Waals surface area contributed by atoms with Crippen LogP contribution in [0.1, 0.15) is 58.0 Å². The molecule has 3 aromatic rings. The van der Waals surface area contributed by atoms with E-state index in [4.69, 9.17) is 10.2 Å². The Morgan fingerprint density at radius 1 is 0.854 bits per heavy atom. The van der Waals surface area contributed by atoms with Crippen molar-refractivity contribution < 1.29 is 33.4 Å². The molecule has 0 saturated carbocycles. The number of hydrogen-bond acceptors (Lipinski definition) is 5. The summed E-state index contributed by atoms with van der Waals surface area (Å²) in [6.45, 7) is 2.90. The lowest BCUT2D eigenvalue weighted by Crippen LogP contribution is -2.40. The van der Waals surface area contributed by atoms with E-state index in [1.807, 2.05) is 23.9 Å². The predicted octanol–water partition coefficient (Wildman–Crippen LogP) is 6.47. The summed E-state index contributed by atoms with van der Waals surface area (Å²) in [5.41, 5.74) is 4.52. The maximum atomic E-state index is 13.5. The van der Waals surface area contributed by atoms with Crippen LogP contribution in [0, 0.1) is 11.6 Å². The normalized spacial score (nSPS) is 17.6. The first kappa shape index (κ1) is 30.1. The number of rotatable bonds is 8. The van der Waals surface area contributed by atoms with Crippen molar-refractivity contribution in [3.63, 3.8) is 0 Å². The van der Waals surface area contributed by atoms with Crippen molar-refractivity contribution in [3.05, 3.63) is 119 Å². The fraction of sp³-hybridized carbons (Fsp3) is 0.281. The van der Waals surface area contributed by atoms with E-state index < -0.39 is 11.9 Å². The smallest absolute Gasteiger partial charge is 0.328 e. The van der Waals surface area contributed by atoms with Gasteiger partial charge in [0.05, 0.1) is 5.25 Å². The quantitative estimate of drug-likeness (QED) is 0.233. The molecule has 2 aliphatic rings. The van der Waals surface area contributed by atoms with Gasteiger partial charge in [0.25, 0.3) is 0 Å². The summed E-state index contributed by atoms with van der Waals surface area (Å²) in [4.78, 5) is 33.9. The number of fused-ring (bicyclic) bond motifs is 2. The number of carbonyl (C=O) groups excluding carboxylic acids is 1. The van der Waals surface area contributed by atoms with Crippen LogP contribution >= 0.6 is 11.8 Å². The first-order chi connectivity index (χ1) is 19.7. The molecule has 2 aliphatic heterocycles. The van der Waals surface area contributed by atoms with Crippen LogP contribution in [0.25, 0.3) is 0 Å². The fourth-order valence-corrected chi connectivity index (χ4v) is 7.10. The average Bonchev–Trinajstić information content (AvgIpc) is 3.28. The van der Waals surface area contributed by atoms with Crippen molar-refractivity contribution in [3.8, 4) is 0 Å². The number of hydrogen-bond donors (Lipinski definition) is 2. The number of thioether (sulfide) groups is 1. The van der Waals surface area contributed by atoms with Crippen LogP contribution in [0.4, 0.5) is 8.78 Å². The predicted molar refractivity (Wildman–Crippen MR) is 154 cm³/mol. The van der Waals surface area contributed by atoms with Gasteiger partial charge in [-0.05, 0) is 92.0 Å². The molecule has 1 saturated heterocycles. The van der Waals surface area contributed by atoms with Gasteiger partial charge in [-0.2, -0.15) is 0 Å². The number of carboxylic acid groups (broad SMARTS) is 2. The number of carboxylic acids is 2. The van der Waals surface area contributed by atoms with Crippen LogP contribution in [0.15, 0.2) is 84.9 Å². The fourth-order valence-electron chi connectivity index (χ4n) is 5.29. The number of halogens is 2. The van der Waals surface area contributed by atoms with Gasteiger partial charge in [0.15, 0.2) is 5.78 Å². The molecule has 2 N–H and O–H groups in total. The Bertz CT molecular complexity index is 1380. The molecule has 214 valence electrons. The maximum absolute atomic E-state index is 13.5. The second-order valence-electron chi connectivity index (χ2n) is 10.0. The third kappa shape index (κ3) is 7.89. The monoisotopic (exact) mass is 579 g/mol. The highest BCUT2D eigenvalue weighted by atomic mass is 32.2. The second kappa shape index (κ2) is 13.7.